The van der Waals surface area contributed by atoms with Crippen molar-refractivity contribution in [2.45, 2.75) is 18.9 Å². The summed E-state index contributed by atoms with van der Waals surface area (Å²) in [6, 6.07) is 6.08. The van der Waals surface area contributed by atoms with Crippen LogP contribution in [0, 0.1) is 0 Å². The number of aliphatic imine (C=N–C) groups is 1. The Morgan fingerprint density at radius 2 is 2.24 bits per heavy atom. The number of rotatable bonds is 3. The molecule has 2 atom stereocenters. The number of methoxy groups -OCH3 is 1. The van der Waals surface area contributed by atoms with Gasteiger partial charge in [0.05, 0.1) is 7.11 Å². The van der Waals surface area contributed by atoms with E-state index in [1.807, 2.05) is 31.3 Å². The molecule has 21 heavy (non-hydrogen) atoms. The Morgan fingerprint density at radius 3 is 2.90 bits per heavy atom. The summed E-state index contributed by atoms with van der Waals surface area (Å²) in [7, 11) is 3.22. The zero-order valence-electron chi connectivity index (χ0n) is 12.1. The lowest BCUT2D eigenvalue weighted by atomic mass is 9.94. The summed E-state index contributed by atoms with van der Waals surface area (Å²) in [4.78, 5) is 19.1. The molecule has 1 saturated heterocycles. The van der Waals surface area contributed by atoms with Gasteiger partial charge in [0.25, 0.3) is 11.9 Å². The standard InChI is InChI=1S/C15H17N3O3/c1-8(13-14(19)18-15(16-2)21-13)11-7-17-12-5-4-9(20-3)6-10(11)12/h4-8,13,17H,1-3H3,(H,16,18,19)/t8-,13+/m1/s1. The number of ether oxygens (including phenoxy) is 2. The third kappa shape index (κ3) is 2.22. The Kier molecular flexibility index (Phi) is 3.29. The lowest BCUT2D eigenvalue weighted by Crippen LogP contribution is -2.28. The molecule has 0 spiro atoms. The number of benzene rings is 1. The summed E-state index contributed by atoms with van der Waals surface area (Å²) in [5, 5.41) is 3.65. The van der Waals surface area contributed by atoms with Gasteiger partial charge in [0.2, 0.25) is 0 Å². The third-order valence-electron chi connectivity index (χ3n) is 3.80. The van der Waals surface area contributed by atoms with E-state index in [0.29, 0.717) is 0 Å². The van der Waals surface area contributed by atoms with Crippen LogP contribution >= 0.6 is 0 Å². The van der Waals surface area contributed by atoms with Crippen LogP contribution in [0.2, 0.25) is 0 Å². The van der Waals surface area contributed by atoms with Gasteiger partial charge in [-0.05, 0) is 23.8 Å². The van der Waals surface area contributed by atoms with E-state index in [1.54, 1.807) is 14.2 Å². The molecule has 3 rings (SSSR count). The zero-order valence-corrected chi connectivity index (χ0v) is 12.1. The molecule has 6 heteroatoms. The number of aromatic amines is 1. The second kappa shape index (κ2) is 5.12. The Bertz CT molecular complexity index is 720. The molecule has 2 N–H and O–H groups in total. The van der Waals surface area contributed by atoms with E-state index < -0.39 is 6.10 Å². The normalized spacial score (nSPS) is 21.4. The maximum atomic E-state index is 12.0. The Labute approximate surface area is 122 Å². The van der Waals surface area contributed by atoms with E-state index in [1.165, 1.54) is 0 Å². The van der Waals surface area contributed by atoms with Gasteiger partial charge < -0.3 is 14.5 Å². The lowest BCUT2D eigenvalue weighted by Gasteiger charge is -2.15. The summed E-state index contributed by atoms with van der Waals surface area (Å²) in [5.74, 6) is 0.508. The minimum Gasteiger partial charge on any atom is -0.497 e. The number of aromatic nitrogens is 1. The van der Waals surface area contributed by atoms with E-state index in [-0.39, 0.29) is 17.8 Å². The number of carbonyl (C=O) groups excluding carboxylic acids is 1. The summed E-state index contributed by atoms with van der Waals surface area (Å²) in [6.07, 6.45) is 1.33. The fourth-order valence-corrected chi connectivity index (χ4v) is 2.61. The molecule has 0 aliphatic carbocycles. The average molecular weight is 287 g/mol. The Morgan fingerprint density at radius 1 is 1.43 bits per heavy atom. The second-order valence-electron chi connectivity index (χ2n) is 5.00. The van der Waals surface area contributed by atoms with Gasteiger partial charge in [-0.25, -0.2) is 4.99 Å². The van der Waals surface area contributed by atoms with Crippen LogP contribution in [0.25, 0.3) is 10.9 Å². The largest absolute Gasteiger partial charge is 0.497 e. The monoisotopic (exact) mass is 287 g/mol. The quantitative estimate of drug-likeness (QED) is 0.903. The number of fused-ring (bicyclic) bond motifs is 1. The van der Waals surface area contributed by atoms with Crippen molar-refractivity contribution < 1.29 is 14.3 Å². The summed E-state index contributed by atoms with van der Waals surface area (Å²) in [6.45, 7) is 1.96. The molecule has 1 aliphatic rings. The van der Waals surface area contributed by atoms with E-state index in [9.17, 15) is 4.79 Å². The van der Waals surface area contributed by atoms with Crippen LogP contribution in [0.5, 0.6) is 5.75 Å². The molecule has 0 unspecified atom stereocenters. The SMILES string of the molecule is CN=C1NC(=O)[C@H]([C@H](C)c2c[nH]c3ccc(OC)cc23)O1. The number of nitrogens with one attached hydrogen (secondary N) is 2. The molecule has 1 aliphatic heterocycles. The predicted molar refractivity (Wildman–Crippen MR) is 79.6 cm³/mol. The minimum atomic E-state index is -0.575. The van der Waals surface area contributed by atoms with Gasteiger partial charge in [-0.3, -0.25) is 10.1 Å². The molecule has 2 aromatic rings. The van der Waals surface area contributed by atoms with Crippen LogP contribution in [0.15, 0.2) is 29.4 Å². The highest BCUT2D eigenvalue weighted by Gasteiger charge is 2.36. The first-order chi connectivity index (χ1) is 10.1. The molecule has 2 heterocycles. The highest BCUT2D eigenvalue weighted by atomic mass is 16.5. The predicted octanol–water partition coefficient (Wildman–Crippen LogP) is 1.78. The van der Waals surface area contributed by atoms with Gasteiger partial charge >= 0.3 is 0 Å². The van der Waals surface area contributed by atoms with Crippen molar-refractivity contribution in [3.8, 4) is 5.75 Å². The molecule has 0 radical (unpaired) electrons. The average Bonchev–Trinajstić information content (AvgIpc) is 3.09. The van der Waals surface area contributed by atoms with Crippen LogP contribution < -0.4 is 10.1 Å². The van der Waals surface area contributed by atoms with Crippen molar-refractivity contribution >= 4 is 22.8 Å². The molecule has 0 bridgehead atoms. The Balaban J connectivity index is 1.98. The van der Waals surface area contributed by atoms with Crippen LogP contribution in [0.4, 0.5) is 0 Å². The minimum absolute atomic E-state index is 0.106. The highest BCUT2D eigenvalue weighted by Crippen LogP contribution is 2.32. The zero-order chi connectivity index (χ0) is 15.0. The number of amides is 1. The number of nitrogens with zero attached hydrogens (tertiary/aromatic N) is 1. The van der Waals surface area contributed by atoms with Gasteiger partial charge in [0.15, 0.2) is 6.10 Å². The van der Waals surface area contributed by atoms with Crippen molar-refractivity contribution in [2.24, 2.45) is 4.99 Å². The topological polar surface area (TPSA) is 75.7 Å². The van der Waals surface area contributed by atoms with Crippen molar-refractivity contribution in [1.29, 1.82) is 0 Å². The van der Waals surface area contributed by atoms with Gasteiger partial charge in [-0.2, -0.15) is 0 Å². The maximum absolute atomic E-state index is 12.0. The molecule has 6 nitrogen and oxygen atoms in total. The number of hydrogen-bond acceptors (Lipinski definition) is 4. The molecule has 1 aromatic heterocycles. The number of carbonyl (C=O) groups is 1. The first-order valence-electron chi connectivity index (χ1n) is 6.73. The van der Waals surface area contributed by atoms with Crippen molar-refractivity contribution in [1.82, 2.24) is 10.3 Å². The fourth-order valence-electron chi connectivity index (χ4n) is 2.61. The molecule has 1 amide bonds. The maximum Gasteiger partial charge on any atom is 0.292 e. The van der Waals surface area contributed by atoms with Gasteiger partial charge in [-0.15, -0.1) is 0 Å². The lowest BCUT2D eigenvalue weighted by molar-refractivity contribution is -0.124. The smallest absolute Gasteiger partial charge is 0.292 e. The van der Waals surface area contributed by atoms with Crippen LogP contribution in [0.3, 0.4) is 0 Å². The van der Waals surface area contributed by atoms with Gasteiger partial charge in [0, 0.05) is 30.1 Å². The summed E-state index contributed by atoms with van der Waals surface area (Å²) >= 11 is 0. The van der Waals surface area contributed by atoms with Crippen LogP contribution in [-0.2, 0) is 9.53 Å². The fraction of sp³-hybridized carbons (Fsp3) is 0.333. The molecule has 110 valence electrons. The summed E-state index contributed by atoms with van der Waals surface area (Å²) in [5.41, 5.74) is 2.02. The van der Waals surface area contributed by atoms with E-state index in [4.69, 9.17) is 9.47 Å². The van der Waals surface area contributed by atoms with Crippen molar-refractivity contribution in [3.05, 3.63) is 30.0 Å². The highest BCUT2D eigenvalue weighted by molar-refractivity contribution is 6.02. The van der Waals surface area contributed by atoms with Gasteiger partial charge in [0.1, 0.15) is 5.75 Å². The first-order valence-corrected chi connectivity index (χ1v) is 6.73. The molecule has 0 saturated carbocycles. The molecular formula is C15H17N3O3. The molecular weight excluding hydrogens is 270 g/mol. The van der Waals surface area contributed by atoms with E-state index >= 15 is 0 Å². The molecule has 1 aromatic carbocycles. The van der Waals surface area contributed by atoms with E-state index in [2.05, 4.69) is 15.3 Å². The number of hydrogen-bond donors (Lipinski definition) is 2. The van der Waals surface area contributed by atoms with Crippen LogP contribution in [0.1, 0.15) is 18.4 Å². The van der Waals surface area contributed by atoms with Crippen molar-refractivity contribution in [2.75, 3.05) is 14.2 Å². The number of H-pyrrole nitrogens is 1. The molecule has 1 fully saturated rings. The van der Waals surface area contributed by atoms with Gasteiger partial charge in [-0.1, -0.05) is 6.92 Å². The first kappa shape index (κ1) is 13.5. The third-order valence-corrected chi connectivity index (χ3v) is 3.80. The van der Waals surface area contributed by atoms with Crippen LogP contribution in [-0.4, -0.2) is 37.2 Å². The van der Waals surface area contributed by atoms with E-state index in [0.717, 1.165) is 22.2 Å². The van der Waals surface area contributed by atoms with Crippen molar-refractivity contribution in [3.63, 3.8) is 0 Å². The second-order valence-corrected chi connectivity index (χ2v) is 5.00. The summed E-state index contributed by atoms with van der Waals surface area (Å²) < 4.78 is 10.8. The Hall–Kier alpha value is -2.50. The number of amidine groups is 1.